The van der Waals surface area contributed by atoms with Gasteiger partial charge in [-0.15, -0.1) is 0 Å². The molecule has 0 bridgehead atoms. The second kappa shape index (κ2) is 4.31. The fourth-order valence-corrected chi connectivity index (χ4v) is 1.96. The van der Waals surface area contributed by atoms with Gasteiger partial charge < -0.3 is 4.18 Å². The predicted octanol–water partition coefficient (Wildman–Crippen LogP) is 2.23. The maximum Gasteiger partial charge on any atom is 0.306 e. The highest BCUT2D eigenvalue weighted by molar-refractivity contribution is 9.08. The molecule has 0 atom stereocenters. The van der Waals surface area contributed by atoms with E-state index in [0.717, 1.165) is 17.4 Å². The van der Waals surface area contributed by atoms with Gasteiger partial charge >= 0.3 is 10.1 Å². The van der Waals surface area contributed by atoms with E-state index in [1.165, 1.54) is 0 Å². The molecule has 5 heteroatoms. The van der Waals surface area contributed by atoms with Crippen molar-refractivity contribution < 1.29 is 12.6 Å². The van der Waals surface area contributed by atoms with Crippen LogP contribution in [0.15, 0.2) is 18.2 Å². The average molecular weight is 279 g/mol. The van der Waals surface area contributed by atoms with Crippen LogP contribution in [-0.2, 0) is 15.4 Å². The molecule has 3 nitrogen and oxygen atoms in total. The number of rotatable bonds is 3. The van der Waals surface area contributed by atoms with Gasteiger partial charge in [0.2, 0.25) is 0 Å². The SMILES string of the molecule is Cc1ccc(CBr)c(OS(C)(=O)=O)c1. The highest BCUT2D eigenvalue weighted by atomic mass is 79.9. The topological polar surface area (TPSA) is 43.4 Å². The summed E-state index contributed by atoms with van der Waals surface area (Å²) >= 11 is 3.27. The molecule has 0 aliphatic carbocycles. The molecule has 14 heavy (non-hydrogen) atoms. The zero-order valence-corrected chi connectivity index (χ0v) is 10.4. The molecule has 0 heterocycles. The third-order valence-electron chi connectivity index (χ3n) is 1.61. The molecular weight excluding hydrogens is 268 g/mol. The number of aryl methyl sites for hydroxylation is 1. The Morgan fingerprint density at radius 1 is 1.43 bits per heavy atom. The van der Waals surface area contributed by atoms with Gasteiger partial charge in [-0.25, -0.2) is 0 Å². The summed E-state index contributed by atoms with van der Waals surface area (Å²) in [6.07, 6.45) is 1.04. The molecule has 0 N–H and O–H groups in total. The molecule has 0 radical (unpaired) electrons. The zero-order valence-electron chi connectivity index (χ0n) is 7.95. The van der Waals surface area contributed by atoms with Gasteiger partial charge in [-0.2, -0.15) is 8.42 Å². The van der Waals surface area contributed by atoms with Crippen molar-refractivity contribution in [3.05, 3.63) is 29.3 Å². The van der Waals surface area contributed by atoms with E-state index >= 15 is 0 Å². The molecule has 0 aliphatic rings. The van der Waals surface area contributed by atoms with Crippen LogP contribution in [-0.4, -0.2) is 14.7 Å². The van der Waals surface area contributed by atoms with Crippen LogP contribution in [0.5, 0.6) is 5.75 Å². The fraction of sp³-hybridized carbons (Fsp3) is 0.333. The van der Waals surface area contributed by atoms with E-state index in [0.29, 0.717) is 11.1 Å². The quantitative estimate of drug-likeness (QED) is 0.629. The molecule has 1 rings (SSSR count). The molecule has 0 saturated heterocycles. The van der Waals surface area contributed by atoms with Gasteiger partial charge in [0.05, 0.1) is 6.26 Å². The molecule has 1 aromatic rings. The minimum Gasteiger partial charge on any atom is -0.382 e. The lowest BCUT2D eigenvalue weighted by Crippen LogP contribution is -2.07. The van der Waals surface area contributed by atoms with Crippen molar-refractivity contribution in [3.8, 4) is 5.75 Å². The number of hydrogen-bond acceptors (Lipinski definition) is 3. The normalized spacial score (nSPS) is 11.4. The highest BCUT2D eigenvalue weighted by Gasteiger charge is 2.08. The van der Waals surface area contributed by atoms with Gasteiger partial charge in [0.1, 0.15) is 5.75 Å². The third kappa shape index (κ3) is 3.31. The summed E-state index contributed by atoms with van der Waals surface area (Å²) in [5.41, 5.74) is 1.79. The van der Waals surface area contributed by atoms with E-state index in [-0.39, 0.29) is 0 Å². The maximum atomic E-state index is 10.9. The molecule has 1 aromatic carbocycles. The monoisotopic (exact) mass is 278 g/mol. The van der Waals surface area contributed by atoms with Crippen LogP contribution in [0.4, 0.5) is 0 Å². The van der Waals surface area contributed by atoms with Crippen LogP contribution < -0.4 is 4.18 Å². The van der Waals surface area contributed by atoms with Crippen molar-refractivity contribution in [2.24, 2.45) is 0 Å². The van der Waals surface area contributed by atoms with Crippen LogP contribution >= 0.6 is 15.9 Å². The average Bonchev–Trinajstić information content (AvgIpc) is 2.01. The maximum absolute atomic E-state index is 10.9. The van der Waals surface area contributed by atoms with Crippen molar-refractivity contribution in [2.75, 3.05) is 6.26 Å². The lowest BCUT2D eigenvalue weighted by Gasteiger charge is -2.08. The Morgan fingerprint density at radius 2 is 2.07 bits per heavy atom. The summed E-state index contributed by atoms with van der Waals surface area (Å²) in [6.45, 7) is 1.88. The second-order valence-corrected chi connectivity index (χ2v) is 5.17. The Kier molecular flexibility index (Phi) is 3.55. The zero-order chi connectivity index (χ0) is 10.8. The second-order valence-electron chi connectivity index (χ2n) is 3.03. The molecular formula is C9H11BrO3S. The molecule has 0 aromatic heterocycles. The first kappa shape index (κ1) is 11.5. The first-order valence-electron chi connectivity index (χ1n) is 3.97. The third-order valence-corrected chi connectivity index (χ3v) is 2.69. The lowest BCUT2D eigenvalue weighted by molar-refractivity contribution is 0.490. The lowest BCUT2D eigenvalue weighted by atomic mass is 10.1. The van der Waals surface area contributed by atoms with Gasteiger partial charge in [-0.05, 0) is 18.6 Å². The van der Waals surface area contributed by atoms with Crippen molar-refractivity contribution in [1.29, 1.82) is 0 Å². The standard InChI is InChI=1S/C9H11BrO3S/c1-7-3-4-8(6-10)9(5-7)13-14(2,11)12/h3-5H,6H2,1-2H3. The number of halogens is 1. The fourth-order valence-electron chi connectivity index (χ4n) is 1.01. The van der Waals surface area contributed by atoms with Crippen LogP contribution in [0.3, 0.4) is 0 Å². The van der Waals surface area contributed by atoms with Crippen LogP contribution in [0.25, 0.3) is 0 Å². The van der Waals surface area contributed by atoms with Crippen LogP contribution in [0, 0.1) is 6.92 Å². The van der Waals surface area contributed by atoms with Crippen molar-refractivity contribution in [3.63, 3.8) is 0 Å². The number of alkyl halides is 1. The minimum atomic E-state index is -3.45. The van der Waals surface area contributed by atoms with Crippen molar-refractivity contribution >= 4 is 26.0 Å². The van der Waals surface area contributed by atoms with Crippen LogP contribution in [0.2, 0.25) is 0 Å². The Labute approximate surface area is 92.3 Å². The van der Waals surface area contributed by atoms with Gasteiger partial charge in [0, 0.05) is 10.9 Å². The van der Waals surface area contributed by atoms with Crippen LogP contribution in [0.1, 0.15) is 11.1 Å². The summed E-state index contributed by atoms with van der Waals surface area (Å²) in [4.78, 5) is 0. The smallest absolute Gasteiger partial charge is 0.306 e. The largest absolute Gasteiger partial charge is 0.382 e. The predicted molar refractivity (Wildman–Crippen MR) is 59.3 cm³/mol. The van der Waals surface area contributed by atoms with E-state index in [1.807, 2.05) is 19.1 Å². The van der Waals surface area contributed by atoms with Gasteiger partial charge in [0.15, 0.2) is 0 Å². The number of benzene rings is 1. The summed E-state index contributed by atoms with van der Waals surface area (Å²) in [6, 6.07) is 5.45. The van der Waals surface area contributed by atoms with Crippen molar-refractivity contribution in [1.82, 2.24) is 0 Å². The first-order chi connectivity index (χ1) is 6.42. The molecule has 0 aliphatic heterocycles. The van der Waals surface area contributed by atoms with Gasteiger partial charge in [-0.3, -0.25) is 0 Å². The molecule has 78 valence electrons. The molecule has 0 amide bonds. The Bertz CT molecular complexity index is 426. The van der Waals surface area contributed by atoms with E-state index < -0.39 is 10.1 Å². The molecule has 0 unspecified atom stereocenters. The first-order valence-corrected chi connectivity index (χ1v) is 6.91. The highest BCUT2D eigenvalue weighted by Crippen LogP contribution is 2.23. The molecule has 0 fully saturated rings. The minimum absolute atomic E-state index is 0.393. The Balaban J connectivity index is 3.11. The van der Waals surface area contributed by atoms with E-state index in [1.54, 1.807) is 6.07 Å². The van der Waals surface area contributed by atoms with E-state index in [2.05, 4.69) is 15.9 Å². The van der Waals surface area contributed by atoms with Gasteiger partial charge in [0.25, 0.3) is 0 Å². The summed E-state index contributed by atoms with van der Waals surface area (Å²) in [7, 11) is -3.45. The Hall–Kier alpha value is -0.550. The van der Waals surface area contributed by atoms with Gasteiger partial charge in [-0.1, -0.05) is 28.1 Å². The molecule has 0 spiro atoms. The molecule has 0 saturated carbocycles. The summed E-state index contributed by atoms with van der Waals surface area (Å²) in [5.74, 6) is 0.393. The van der Waals surface area contributed by atoms with E-state index in [4.69, 9.17) is 4.18 Å². The number of hydrogen-bond donors (Lipinski definition) is 0. The summed E-state index contributed by atoms with van der Waals surface area (Å²) in [5, 5.41) is 0.568. The Morgan fingerprint density at radius 3 is 2.57 bits per heavy atom. The van der Waals surface area contributed by atoms with Crippen molar-refractivity contribution in [2.45, 2.75) is 12.3 Å². The summed E-state index contributed by atoms with van der Waals surface area (Å²) < 4.78 is 26.7. The van der Waals surface area contributed by atoms with E-state index in [9.17, 15) is 8.42 Å².